The number of halogens is 4. The van der Waals surface area contributed by atoms with Crippen LogP contribution in [-0.2, 0) is 6.18 Å². The van der Waals surface area contributed by atoms with Crippen molar-refractivity contribution in [2.75, 3.05) is 19.5 Å². The van der Waals surface area contributed by atoms with Crippen LogP contribution in [-0.4, -0.2) is 39.6 Å². The van der Waals surface area contributed by atoms with Crippen LogP contribution < -0.4 is 19.5 Å². The summed E-state index contributed by atoms with van der Waals surface area (Å²) in [5, 5.41) is 17.3. The number of rotatable bonds is 8. The van der Waals surface area contributed by atoms with E-state index in [9.17, 15) is 28.1 Å². The van der Waals surface area contributed by atoms with Crippen molar-refractivity contribution in [3.05, 3.63) is 99.3 Å². The van der Waals surface area contributed by atoms with E-state index in [1.54, 1.807) is 36.4 Å². The molecular weight excluding hydrogens is 595 g/mol. The van der Waals surface area contributed by atoms with Crippen LogP contribution in [0.2, 0.25) is 5.02 Å². The van der Waals surface area contributed by atoms with E-state index < -0.39 is 44.8 Å². The van der Waals surface area contributed by atoms with Gasteiger partial charge in [-0.15, -0.1) is 0 Å². The lowest BCUT2D eigenvalue weighted by Gasteiger charge is -2.11. The molecule has 2 heterocycles. The Bertz CT molecular complexity index is 1860. The number of hydrogen-bond acceptors (Lipinski definition) is 8. The van der Waals surface area contributed by atoms with Gasteiger partial charge in [-0.05, 0) is 42.5 Å². The number of anilines is 1. The highest BCUT2D eigenvalue weighted by Crippen LogP contribution is 2.36. The van der Waals surface area contributed by atoms with E-state index in [0.29, 0.717) is 27.3 Å². The van der Waals surface area contributed by atoms with Gasteiger partial charge in [0.05, 0.1) is 36.6 Å². The zero-order valence-electron chi connectivity index (χ0n) is 22.2. The van der Waals surface area contributed by atoms with Gasteiger partial charge >= 0.3 is 6.18 Å². The molecule has 0 radical (unpaired) electrons. The van der Waals surface area contributed by atoms with Gasteiger partial charge in [-0.1, -0.05) is 23.7 Å². The highest BCUT2D eigenvalue weighted by molar-refractivity contribution is 6.37. The highest BCUT2D eigenvalue weighted by Gasteiger charge is 2.37. The molecule has 3 aromatic carbocycles. The lowest BCUT2D eigenvalue weighted by Crippen LogP contribution is -2.16. The molecule has 0 bridgehead atoms. The summed E-state index contributed by atoms with van der Waals surface area (Å²) in [5.74, 6) is 0.226. The number of nitro groups is 1. The first-order chi connectivity index (χ1) is 20.5. The van der Waals surface area contributed by atoms with Crippen LogP contribution in [0.4, 0.5) is 24.5 Å². The number of ether oxygens (including phenoxy) is 3. The number of carbonyl (C=O) groups excluding carboxylic acids is 1. The lowest BCUT2D eigenvalue weighted by atomic mass is 10.1. The molecule has 0 unspecified atom stereocenters. The van der Waals surface area contributed by atoms with Crippen molar-refractivity contribution in [1.29, 1.82) is 0 Å². The average Bonchev–Trinajstić information content (AvgIpc) is 3.32. The number of amides is 1. The van der Waals surface area contributed by atoms with Gasteiger partial charge in [0.25, 0.3) is 11.6 Å². The average molecular weight is 614 g/mol. The van der Waals surface area contributed by atoms with Crippen LogP contribution in [0.5, 0.6) is 23.0 Å². The highest BCUT2D eigenvalue weighted by atomic mass is 35.5. The van der Waals surface area contributed by atoms with E-state index >= 15 is 0 Å². The Kier molecular flexibility index (Phi) is 7.78. The number of fused-ring (bicyclic) bond motifs is 1. The maximum atomic E-state index is 14.1. The minimum atomic E-state index is -4.90. The normalized spacial score (nSPS) is 11.3. The summed E-state index contributed by atoms with van der Waals surface area (Å²) in [4.78, 5) is 28.3. The number of alkyl halides is 3. The van der Waals surface area contributed by atoms with Crippen molar-refractivity contribution in [2.45, 2.75) is 6.18 Å². The molecule has 0 saturated heterocycles. The van der Waals surface area contributed by atoms with Crippen molar-refractivity contribution >= 4 is 34.5 Å². The monoisotopic (exact) mass is 613 g/mol. The first-order valence-electron chi connectivity index (χ1n) is 12.2. The second-order valence-corrected chi connectivity index (χ2v) is 9.24. The Morgan fingerprint density at radius 1 is 0.953 bits per heavy atom. The quantitative estimate of drug-likeness (QED) is 0.146. The number of non-ortho nitro benzene ring substituents is 1. The van der Waals surface area contributed by atoms with Gasteiger partial charge in [-0.2, -0.15) is 18.3 Å². The number of benzene rings is 3. The molecule has 0 atom stereocenters. The summed E-state index contributed by atoms with van der Waals surface area (Å²) < 4.78 is 58.6. The fraction of sp³-hybridized carbons (Fsp3) is 0.107. The Labute approximate surface area is 245 Å². The summed E-state index contributed by atoms with van der Waals surface area (Å²) >= 11 is 6.36. The Balaban J connectivity index is 1.52. The summed E-state index contributed by atoms with van der Waals surface area (Å²) in [6.07, 6.45) is -4.90. The number of methoxy groups -OCH3 is 2. The molecule has 220 valence electrons. The first-order valence-corrected chi connectivity index (χ1v) is 12.6. The number of hydrogen-bond donors (Lipinski definition) is 1. The minimum absolute atomic E-state index is 0.000259. The summed E-state index contributed by atoms with van der Waals surface area (Å²) in [5.41, 5.74) is -2.57. The summed E-state index contributed by atoms with van der Waals surface area (Å²) in [6, 6.07) is 16.8. The standard InChI is InChI=1S/C28H19ClF3N5O6/c1-41-18-6-8-19(9-7-18)43-21-12-16(11-17(13-21)37(39)40)33-27(38)25-24(29)26-34-22(15-4-3-5-20(10-15)42-2)14-23(28(30,31)32)36(26)35-25/h3-14H,1-2H3,(H,33,38). The molecule has 2 aromatic heterocycles. The van der Waals surface area contributed by atoms with E-state index in [1.165, 1.54) is 32.4 Å². The molecule has 11 nitrogen and oxygen atoms in total. The van der Waals surface area contributed by atoms with Crippen LogP contribution in [0.25, 0.3) is 16.9 Å². The van der Waals surface area contributed by atoms with E-state index in [0.717, 1.165) is 18.2 Å². The minimum Gasteiger partial charge on any atom is -0.497 e. The molecule has 15 heteroatoms. The zero-order chi connectivity index (χ0) is 30.9. The SMILES string of the molecule is COc1ccc(Oc2cc(NC(=O)c3nn4c(C(F)(F)F)cc(-c5cccc(OC)c5)nc4c3Cl)cc([N+](=O)[O-])c2)cc1. The number of carbonyl (C=O) groups is 1. The molecule has 5 rings (SSSR count). The topological polar surface area (TPSA) is 130 Å². The van der Waals surface area contributed by atoms with Crippen LogP contribution in [0.1, 0.15) is 16.2 Å². The Morgan fingerprint density at radius 3 is 2.30 bits per heavy atom. The van der Waals surface area contributed by atoms with E-state index in [2.05, 4.69) is 15.4 Å². The number of aromatic nitrogens is 3. The second-order valence-electron chi connectivity index (χ2n) is 8.86. The smallest absolute Gasteiger partial charge is 0.433 e. The van der Waals surface area contributed by atoms with Crippen LogP contribution in [0, 0.1) is 10.1 Å². The fourth-order valence-electron chi connectivity index (χ4n) is 4.06. The molecule has 0 spiro atoms. The predicted octanol–water partition coefficient (Wildman–Crippen LogP) is 7.04. The molecule has 0 aliphatic heterocycles. The van der Waals surface area contributed by atoms with Gasteiger partial charge in [0, 0.05) is 17.7 Å². The Morgan fingerprint density at radius 2 is 1.65 bits per heavy atom. The molecular formula is C28H19ClF3N5O6. The third-order valence-corrected chi connectivity index (χ3v) is 6.41. The van der Waals surface area contributed by atoms with Crippen molar-refractivity contribution in [3.8, 4) is 34.3 Å². The maximum absolute atomic E-state index is 14.1. The van der Waals surface area contributed by atoms with Gasteiger partial charge in [-0.3, -0.25) is 14.9 Å². The molecule has 1 N–H and O–H groups in total. The largest absolute Gasteiger partial charge is 0.497 e. The van der Waals surface area contributed by atoms with Gasteiger partial charge < -0.3 is 19.5 Å². The Hall–Kier alpha value is -5.37. The first kappa shape index (κ1) is 29.1. The third-order valence-electron chi connectivity index (χ3n) is 6.06. The molecule has 1 amide bonds. The fourth-order valence-corrected chi connectivity index (χ4v) is 4.30. The second kappa shape index (κ2) is 11.5. The van der Waals surface area contributed by atoms with Gasteiger partial charge in [0.15, 0.2) is 17.0 Å². The van der Waals surface area contributed by atoms with E-state index in [4.69, 9.17) is 25.8 Å². The molecule has 43 heavy (non-hydrogen) atoms. The van der Waals surface area contributed by atoms with Crippen LogP contribution >= 0.6 is 11.6 Å². The molecule has 0 fully saturated rings. The van der Waals surface area contributed by atoms with Crippen LogP contribution in [0.3, 0.4) is 0 Å². The van der Waals surface area contributed by atoms with E-state index in [1.807, 2.05) is 0 Å². The van der Waals surface area contributed by atoms with Crippen molar-refractivity contribution < 1.29 is 37.1 Å². The summed E-state index contributed by atoms with van der Waals surface area (Å²) in [7, 11) is 2.89. The van der Waals surface area contributed by atoms with E-state index in [-0.39, 0.29) is 17.1 Å². The number of nitro benzene ring substituents is 1. The summed E-state index contributed by atoms with van der Waals surface area (Å²) in [6.45, 7) is 0. The molecule has 0 aliphatic carbocycles. The predicted molar refractivity (Wildman–Crippen MR) is 149 cm³/mol. The zero-order valence-corrected chi connectivity index (χ0v) is 22.9. The van der Waals surface area contributed by atoms with Gasteiger partial charge in [0.2, 0.25) is 0 Å². The lowest BCUT2D eigenvalue weighted by molar-refractivity contribution is -0.384. The molecule has 0 saturated carbocycles. The third kappa shape index (κ3) is 6.13. The molecule has 0 aliphatic rings. The van der Waals surface area contributed by atoms with Crippen molar-refractivity contribution in [1.82, 2.24) is 14.6 Å². The van der Waals surface area contributed by atoms with Crippen molar-refractivity contribution in [3.63, 3.8) is 0 Å². The maximum Gasteiger partial charge on any atom is 0.433 e. The van der Waals surface area contributed by atoms with Crippen molar-refractivity contribution in [2.24, 2.45) is 0 Å². The number of nitrogens with one attached hydrogen (secondary N) is 1. The molecule has 5 aromatic rings. The van der Waals surface area contributed by atoms with Gasteiger partial charge in [0.1, 0.15) is 28.0 Å². The van der Waals surface area contributed by atoms with Gasteiger partial charge in [-0.25, -0.2) is 9.50 Å². The van der Waals surface area contributed by atoms with Crippen LogP contribution in [0.15, 0.2) is 72.8 Å². The number of nitrogens with zero attached hydrogens (tertiary/aromatic N) is 4.